The average Bonchev–Trinajstić information content (AvgIpc) is 3.25. The number of aromatic nitrogens is 1. The van der Waals surface area contributed by atoms with Gasteiger partial charge >= 0.3 is 0 Å². The molecule has 2 unspecified atom stereocenters. The van der Waals surface area contributed by atoms with Crippen LogP contribution in [0.5, 0.6) is 0 Å². The highest BCUT2D eigenvalue weighted by Crippen LogP contribution is 2.27. The number of aryl methyl sites for hydroxylation is 1. The minimum Gasteiger partial charge on any atom is -0.391 e. The molecule has 0 bridgehead atoms. The number of hydrogen-bond donors (Lipinski definition) is 3. The summed E-state index contributed by atoms with van der Waals surface area (Å²) in [7, 11) is 0. The van der Waals surface area contributed by atoms with Crippen molar-refractivity contribution in [1.82, 2.24) is 15.2 Å². The maximum Gasteiger partial charge on any atom is 0.243 e. The molecule has 7 nitrogen and oxygen atoms in total. The second kappa shape index (κ2) is 8.16. The number of amides is 2. The van der Waals surface area contributed by atoms with Gasteiger partial charge < -0.3 is 21.1 Å². The number of benzene rings is 1. The van der Waals surface area contributed by atoms with Crippen LogP contribution in [0.1, 0.15) is 24.6 Å². The summed E-state index contributed by atoms with van der Waals surface area (Å²) in [5.41, 5.74) is 10.5. The molecule has 3 atom stereocenters. The molecule has 1 fully saturated rings. The van der Waals surface area contributed by atoms with Gasteiger partial charge in [0.2, 0.25) is 11.8 Å². The molecular formula is C19H24N4O3S. The minimum atomic E-state index is -0.703. The number of nitrogens with one attached hydrogen (secondary N) is 1. The molecule has 1 aromatic carbocycles. The zero-order valence-electron chi connectivity index (χ0n) is 15.4. The maximum atomic E-state index is 12.5. The van der Waals surface area contributed by atoms with Gasteiger partial charge in [0.25, 0.3) is 0 Å². The van der Waals surface area contributed by atoms with Crippen LogP contribution in [-0.2, 0) is 16.1 Å². The first-order valence-electron chi connectivity index (χ1n) is 8.88. The van der Waals surface area contributed by atoms with Gasteiger partial charge in [-0.3, -0.25) is 9.59 Å². The van der Waals surface area contributed by atoms with Crippen molar-refractivity contribution in [3.8, 4) is 10.4 Å². The normalized spacial score (nSPS) is 20.5. The Balaban J connectivity index is 1.61. The number of nitrogens with zero attached hydrogens (tertiary/aromatic N) is 2. The average molecular weight is 388 g/mol. The third-order valence-corrected chi connectivity index (χ3v) is 5.66. The number of rotatable bonds is 5. The predicted molar refractivity (Wildman–Crippen MR) is 104 cm³/mol. The van der Waals surface area contributed by atoms with Crippen LogP contribution in [0.25, 0.3) is 10.4 Å². The van der Waals surface area contributed by atoms with E-state index in [0.29, 0.717) is 6.54 Å². The number of β-amino-alcohol motifs (C(OH)–C–C–N with tert-alkyl or cyclic N) is 1. The Kier molecular flexibility index (Phi) is 5.88. The van der Waals surface area contributed by atoms with Crippen molar-refractivity contribution in [2.45, 2.75) is 45.0 Å². The van der Waals surface area contributed by atoms with Crippen LogP contribution in [0.3, 0.4) is 0 Å². The van der Waals surface area contributed by atoms with Gasteiger partial charge in [-0.1, -0.05) is 24.3 Å². The smallest absolute Gasteiger partial charge is 0.243 e. The SMILES string of the molecule is Cc1ncsc1-c1ccc(CNC(=O)C2CC(O)CN2C(=O)[C@@H](C)N)cc1. The molecule has 0 saturated carbocycles. The Labute approximate surface area is 162 Å². The third kappa shape index (κ3) is 4.35. The molecule has 1 aliphatic rings. The second-order valence-electron chi connectivity index (χ2n) is 6.87. The highest BCUT2D eigenvalue weighted by molar-refractivity contribution is 7.13. The first-order chi connectivity index (χ1) is 12.9. The number of carbonyl (C=O) groups is 2. The summed E-state index contributed by atoms with van der Waals surface area (Å²) in [5.74, 6) is -0.598. The summed E-state index contributed by atoms with van der Waals surface area (Å²) < 4.78 is 0. The number of thiazole rings is 1. The number of carbonyl (C=O) groups excluding carboxylic acids is 2. The lowest BCUT2D eigenvalue weighted by atomic mass is 10.1. The lowest BCUT2D eigenvalue weighted by molar-refractivity contribution is -0.139. The van der Waals surface area contributed by atoms with Gasteiger partial charge in [-0.15, -0.1) is 11.3 Å². The van der Waals surface area contributed by atoms with Crippen molar-refractivity contribution in [1.29, 1.82) is 0 Å². The van der Waals surface area contributed by atoms with Crippen molar-refractivity contribution in [3.63, 3.8) is 0 Å². The van der Waals surface area contributed by atoms with Gasteiger partial charge in [0.15, 0.2) is 0 Å². The zero-order chi connectivity index (χ0) is 19.6. The van der Waals surface area contributed by atoms with E-state index in [9.17, 15) is 14.7 Å². The van der Waals surface area contributed by atoms with Gasteiger partial charge in [0, 0.05) is 19.5 Å². The molecule has 0 radical (unpaired) electrons. The van der Waals surface area contributed by atoms with Crippen LogP contribution < -0.4 is 11.1 Å². The Bertz CT molecular complexity index is 819. The van der Waals surface area contributed by atoms with E-state index < -0.39 is 18.2 Å². The van der Waals surface area contributed by atoms with E-state index in [0.717, 1.165) is 21.7 Å². The van der Waals surface area contributed by atoms with Crippen molar-refractivity contribution < 1.29 is 14.7 Å². The van der Waals surface area contributed by atoms with Crippen LogP contribution in [0.4, 0.5) is 0 Å². The number of nitrogens with two attached hydrogens (primary N) is 1. The highest BCUT2D eigenvalue weighted by Gasteiger charge is 2.39. The summed E-state index contributed by atoms with van der Waals surface area (Å²) in [6.45, 7) is 4.05. The van der Waals surface area contributed by atoms with E-state index in [1.165, 1.54) is 4.90 Å². The Morgan fingerprint density at radius 2 is 2.11 bits per heavy atom. The summed E-state index contributed by atoms with van der Waals surface area (Å²) in [6, 6.07) is 6.55. The molecular weight excluding hydrogens is 364 g/mol. The van der Waals surface area contributed by atoms with E-state index in [-0.39, 0.29) is 24.8 Å². The molecule has 1 aromatic heterocycles. The molecule has 2 heterocycles. The number of hydrogen-bond acceptors (Lipinski definition) is 6. The zero-order valence-corrected chi connectivity index (χ0v) is 16.2. The number of likely N-dealkylation sites (tertiary alicyclic amines) is 1. The number of aliphatic hydroxyl groups excluding tert-OH is 1. The standard InChI is InChI=1S/C19H24N4O3S/c1-11(20)19(26)23-9-15(24)7-16(23)18(25)21-8-13-3-5-14(6-4-13)17-12(2)22-10-27-17/h3-6,10-11,15-16,24H,7-9,20H2,1-2H3,(H,21,25)/t11-,15?,16?/m1/s1. The predicted octanol–water partition coefficient (Wildman–Crippen LogP) is 1.04. The summed E-state index contributed by atoms with van der Waals surface area (Å²) in [5, 5.41) is 12.7. The first kappa shape index (κ1) is 19.5. The minimum absolute atomic E-state index is 0.140. The van der Waals surface area contributed by atoms with Gasteiger partial charge in [0.05, 0.1) is 28.2 Å². The quantitative estimate of drug-likeness (QED) is 0.709. The van der Waals surface area contributed by atoms with E-state index in [1.807, 2.05) is 36.7 Å². The molecule has 2 amide bonds. The lowest BCUT2D eigenvalue weighted by Crippen LogP contribution is -2.50. The topological polar surface area (TPSA) is 109 Å². The summed E-state index contributed by atoms with van der Waals surface area (Å²) in [4.78, 5) is 31.5. The van der Waals surface area contributed by atoms with Crippen molar-refractivity contribution >= 4 is 23.2 Å². The Hall–Kier alpha value is -2.29. The van der Waals surface area contributed by atoms with Crippen LogP contribution in [0.2, 0.25) is 0 Å². The second-order valence-corrected chi connectivity index (χ2v) is 7.72. The molecule has 2 aromatic rings. The molecule has 1 aliphatic heterocycles. The molecule has 8 heteroatoms. The van der Waals surface area contributed by atoms with E-state index >= 15 is 0 Å². The molecule has 0 aliphatic carbocycles. The summed E-state index contributed by atoms with van der Waals surface area (Å²) in [6.07, 6.45) is -0.473. The van der Waals surface area contributed by atoms with Crippen molar-refractivity contribution in [2.24, 2.45) is 5.73 Å². The van der Waals surface area contributed by atoms with Crippen LogP contribution in [0.15, 0.2) is 29.8 Å². The van der Waals surface area contributed by atoms with Gasteiger partial charge in [-0.25, -0.2) is 4.98 Å². The van der Waals surface area contributed by atoms with Gasteiger partial charge in [-0.05, 0) is 25.0 Å². The molecule has 27 heavy (non-hydrogen) atoms. The van der Waals surface area contributed by atoms with E-state index in [1.54, 1.807) is 18.3 Å². The monoisotopic (exact) mass is 388 g/mol. The highest BCUT2D eigenvalue weighted by atomic mass is 32.1. The summed E-state index contributed by atoms with van der Waals surface area (Å²) >= 11 is 1.60. The molecule has 0 spiro atoms. The fourth-order valence-electron chi connectivity index (χ4n) is 3.23. The Morgan fingerprint density at radius 1 is 1.41 bits per heavy atom. The van der Waals surface area contributed by atoms with Crippen LogP contribution in [-0.4, -0.2) is 51.5 Å². The van der Waals surface area contributed by atoms with Crippen LogP contribution in [0, 0.1) is 6.92 Å². The molecule has 1 saturated heterocycles. The lowest BCUT2D eigenvalue weighted by Gasteiger charge is -2.25. The van der Waals surface area contributed by atoms with Crippen molar-refractivity contribution in [2.75, 3.05) is 6.54 Å². The van der Waals surface area contributed by atoms with Crippen LogP contribution >= 0.6 is 11.3 Å². The van der Waals surface area contributed by atoms with Crippen molar-refractivity contribution in [3.05, 3.63) is 41.0 Å². The molecule has 4 N–H and O–H groups in total. The Morgan fingerprint density at radius 3 is 2.70 bits per heavy atom. The van der Waals surface area contributed by atoms with Gasteiger partial charge in [-0.2, -0.15) is 0 Å². The third-order valence-electron chi connectivity index (χ3n) is 4.68. The van der Waals surface area contributed by atoms with E-state index in [4.69, 9.17) is 5.73 Å². The largest absolute Gasteiger partial charge is 0.391 e. The molecule has 3 rings (SSSR count). The number of aliphatic hydroxyl groups is 1. The fraction of sp³-hybridized carbons (Fsp3) is 0.421. The molecule has 144 valence electrons. The maximum absolute atomic E-state index is 12.5. The van der Waals surface area contributed by atoms with Gasteiger partial charge in [0.1, 0.15) is 6.04 Å². The fourth-order valence-corrected chi connectivity index (χ4v) is 4.04. The first-order valence-corrected chi connectivity index (χ1v) is 9.76. The van der Waals surface area contributed by atoms with E-state index in [2.05, 4.69) is 10.3 Å².